The highest BCUT2D eigenvalue weighted by Gasteiger charge is 2.31. The predicted octanol–water partition coefficient (Wildman–Crippen LogP) is 2.96. The van der Waals surface area contributed by atoms with E-state index in [1.54, 1.807) is 0 Å². The molecule has 0 saturated heterocycles. The van der Waals surface area contributed by atoms with Crippen LogP contribution in [0.3, 0.4) is 0 Å². The predicted molar refractivity (Wildman–Crippen MR) is 77.8 cm³/mol. The largest absolute Gasteiger partial charge is 0.396 e. The van der Waals surface area contributed by atoms with Crippen molar-refractivity contribution in [2.75, 3.05) is 32.0 Å². The highest BCUT2D eigenvalue weighted by molar-refractivity contribution is 7.80. The molecule has 102 valence electrons. The van der Waals surface area contributed by atoms with E-state index in [4.69, 9.17) is 5.11 Å². The van der Waals surface area contributed by atoms with Crippen LogP contribution in [-0.4, -0.2) is 42.0 Å². The Hall–Kier alpha value is 0.270. The van der Waals surface area contributed by atoms with Crippen LogP contribution < -0.4 is 0 Å². The van der Waals surface area contributed by atoms with Gasteiger partial charge in [0.2, 0.25) is 0 Å². The number of hydrogen-bond acceptors (Lipinski definition) is 3. The van der Waals surface area contributed by atoms with Gasteiger partial charge in [-0.1, -0.05) is 32.6 Å². The third-order valence-electron chi connectivity index (χ3n) is 4.14. The molecule has 1 aliphatic rings. The molecular formula is C14H29NOS. The highest BCUT2D eigenvalue weighted by Crippen LogP contribution is 2.36. The van der Waals surface area contributed by atoms with Gasteiger partial charge in [-0.3, -0.25) is 0 Å². The Morgan fingerprint density at radius 1 is 1.18 bits per heavy atom. The summed E-state index contributed by atoms with van der Waals surface area (Å²) in [5, 5.41) is 8.94. The first-order valence-corrected chi connectivity index (χ1v) is 7.83. The Morgan fingerprint density at radius 2 is 1.82 bits per heavy atom. The molecule has 0 unspecified atom stereocenters. The molecule has 0 bridgehead atoms. The van der Waals surface area contributed by atoms with Crippen molar-refractivity contribution < 1.29 is 5.11 Å². The molecule has 1 saturated carbocycles. The van der Waals surface area contributed by atoms with Gasteiger partial charge in [0.25, 0.3) is 0 Å². The molecule has 1 aliphatic carbocycles. The van der Waals surface area contributed by atoms with E-state index < -0.39 is 0 Å². The summed E-state index contributed by atoms with van der Waals surface area (Å²) in [6.07, 6.45) is 9.13. The molecular weight excluding hydrogens is 230 g/mol. The van der Waals surface area contributed by atoms with Gasteiger partial charge in [-0.05, 0) is 37.0 Å². The van der Waals surface area contributed by atoms with Crippen LogP contribution in [0.1, 0.15) is 51.9 Å². The van der Waals surface area contributed by atoms with Crippen LogP contribution in [0.25, 0.3) is 0 Å². The van der Waals surface area contributed by atoms with Crippen molar-refractivity contribution in [1.82, 2.24) is 4.90 Å². The average Bonchev–Trinajstić information content (AvgIpc) is 2.60. The van der Waals surface area contributed by atoms with Crippen LogP contribution in [0.15, 0.2) is 0 Å². The van der Waals surface area contributed by atoms with Gasteiger partial charge in [0.1, 0.15) is 0 Å². The lowest BCUT2D eigenvalue weighted by Crippen LogP contribution is -2.39. The molecule has 0 aromatic heterocycles. The van der Waals surface area contributed by atoms with Gasteiger partial charge in [0, 0.05) is 19.7 Å². The molecule has 0 aromatic carbocycles. The van der Waals surface area contributed by atoms with Crippen LogP contribution in [0.5, 0.6) is 0 Å². The molecule has 0 heterocycles. The maximum atomic E-state index is 8.94. The van der Waals surface area contributed by atoms with Gasteiger partial charge in [-0.2, -0.15) is 12.6 Å². The summed E-state index contributed by atoms with van der Waals surface area (Å²) in [5.74, 6) is 1.02. The van der Waals surface area contributed by atoms with Gasteiger partial charge < -0.3 is 10.0 Å². The molecule has 1 rings (SSSR count). The third-order valence-corrected chi connectivity index (χ3v) is 4.81. The van der Waals surface area contributed by atoms with Crippen molar-refractivity contribution in [3.8, 4) is 0 Å². The number of hydrogen-bond donors (Lipinski definition) is 2. The first-order chi connectivity index (χ1) is 8.26. The van der Waals surface area contributed by atoms with Crippen LogP contribution in [0.4, 0.5) is 0 Å². The molecule has 1 fully saturated rings. The number of nitrogens with zero attached hydrogens (tertiary/aromatic N) is 1. The summed E-state index contributed by atoms with van der Waals surface area (Å²) >= 11 is 4.63. The van der Waals surface area contributed by atoms with E-state index in [0.29, 0.717) is 12.0 Å². The second kappa shape index (κ2) is 8.39. The number of rotatable bonds is 7. The summed E-state index contributed by atoms with van der Waals surface area (Å²) < 4.78 is 0. The van der Waals surface area contributed by atoms with Gasteiger partial charge in [-0.15, -0.1) is 0 Å². The van der Waals surface area contributed by atoms with Crippen molar-refractivity contribution in [2.45, 2.75) is 51.9 Å². The summed E-state index contributed by atoms with van der Waals surface area (Å²) in [6.45, 7) is 5.83. The van der Waals surface area contributed by atoms with E-state index in [1.807, 2.05) is 0 Å². The summed E-state index contributed by atoms with van der Waals surface area (Å²) in [7, 11) is 0. The number of thiol groups is 1. The second-order valence-corrected chi connectivity index (χ2v) is 5.83. The Labute approximate surface area is 112 Å². The standard InChI is InChI=1S/C14H29NOS/c1-2-15(10-7-11-16)12-14(13-17)8-5-3-4-6-9-14/h16-17H,2-13H2,1H3. The van der Waals surface area contributed by atoms with Gasteiger partial charge in [-0.25, -0.2) is 0 Å². The van der Waals surface area contributed by atoms with Crippen LogP contribution >= 0.6 is 12.6 Å². The number of aliphatic hydroxyl groups is 1. The number of aliphatic hydroxyl groups excluding tert-OH is 1. The zero-order chi connectivity index (χ0) is 12.6. The van der Waals surface area contributed by atoms with E-state index in [1.165, 1.54) is 45.1 Å². The molecule has 0 amide bonds. The van der Waals surface area contributed by atoms with Crippen molar-refractivity contribution in [3.63, 3.8) is 0 Å². The lowest BCUT2D eigenvalue weighted by Gasteiger charge is -2.36. The summed E-state index contributed by atoms with van der Waals surface area (Å²) in [4.78, 5) is 2.50. The van der Waals surface area contributed by atoms with Crippen LogP contribution in [0, 0.1) is 5.41 Å². The first-order valence-electron chi connectivity index (χ1n) is 7.20. The molecule has 3 heteroatoms. The molecule has 0 aromatic rings. The van der Waals surface area contributed by atoms with E-state index >= 15 is 0 Å². The first kappa shape index (κ1) is 15.3. The summed E-state index contributed by atoms with van der Waals surface area (Å²) in [6, 6.07) is 0. The topological polar surface area (TPSA) is 23.5 Å². The smallest absolute Gasteiger partial charge is 0.0443 e. The van der Waals surface area contributed by atoms with Crippen molar-refractivity contribution in [3.05, 3.63) is 0 Å². The maximum absolute atomic E-state index is 8.94. The van der Waals surface area contributed by atoms with E-state index in [9.17, 15) is 0 Å². The fraction of sp³-hybridized carbons (Fsp3) is 1.00. The van der Waals surface area contributed by atoms with Crippen LogP contribution in [-0.2, 0) is 0 Å². The van der Waals surface area contributed by atoms with Gasteiger partial charge in [0.15, 0.2) is 0 Å². The third kappa shape index (κ3) is 5.19. The minimum Gasteiger partial charge on any atom is -0.396 e. The van der Waals surface area contributed by atoms with Crippen molar-refractivity contribution in [2.24, 2.45) is 5.41 Å². The minimum atomic E-state index is 0.310. The quantitative estimate of drug-likeness (QED) is 0.542. The van der Waals surface area contributed by atoms with Gasteiger partial charge >= 0.3 is 0 Å². The molecule has 17 heavy (non-hydrogen) atoms. The van der Waals surface area contributed by atoms with Gasteiger partial charge in [0.05, 0.1) is 0 Å². The minimum absolute atomic E-state index is 0.310. The molecule has 0 atom stereocenters. The lowest BCUT2D eigenvalue weighted by atomic mass is 9.81. The molecule has 0 spiro atoms. The Bertz CT molecular complexity index is 191. The SMILES string of the molecule is CCN(CCCO)CC1(CS)CCCCCC1. The van der Waals surface area contributed by atoms with Crippen molar-refractivity contribution >= 4 is 12.6 Å². The molecule has 0 aliphatic heterocycles. The molecule has 2 nitrogen and oxygen atoms in total. The van der Waals surface area contributed by atoms with Crippen molar-refractivity contribution in [1.29, 1.82) is 0 Å². The maximum Gasteiger partial charge on any atom is 0.0443 e. The zero-order valence-corrected chi connectivity index (χ0v) is 12.2. The fourth-order valence-electron chi connectivity index (χ4n) is 2.96. The lowest BCUT2D eigenvalue weighted by molar-refractivity contribution is 0.145. The Kier molecular flexibility index (Phi) is 7.56. The zero-order valence-electron chi connectivity index (χ0n) is 11.3. The van der Waals surface area contributed by atoms with E-state index in [-0.39, 0.29) is 0 Å². The normalized spacial score (nSPS) is 20.5. The van der Waals surface area contributed by atoms with Crippen LogP contribution in [0.2, 0.25) is 0 Å². The second-order valence-electron chi connectivity index (χ2n) is 5.52. The summed E-state index contributed by atoms with van der Waals surface area (Å²) in [5.41, 5.74) is 0.436. The Morgan fingerprint density at radius 3 is 2.29 bits per heavy atom. The monoisotopic (exact) mass is 259 g/mol. The highest BCUT2D eigenvalue weighted by atomic mass is 32.1. The Balaban J connectivity index is 2.51. The van der Waals surface area contributed by atoms with E-state index in [0.717, 1.165) is 25.3 Å². The van der Waals surface area contributed by atoms with E-state index in [2.05, 4.69) is 24.5 Å². The molecule has 1 N–H and O–H groups in total. The fourth-order valence-corrected chi connectivity index (χ4v) is 3.38. The molecule has 0 radical (unpaired) electrons. The average molecular weight is 259 g/mol.